The van der Waals surface area contributed by atoms with Crippen LogP contribution in [0.3, 0.4) is 0 Å². The third-order valence-corrected chi connectivity index (χ3v) is 6.46. The van der Waals surface area contributed by atoms with Crippen molar-refractivity contribution < 1.29 is 4.39 Å². The van der Waals surface area contributed by atoms with Crippen LogP contribution >= 0.6 is 11.6 Å². The predicted molar refractivity (Wildman–Crippen MR) is 122 cm³/mol. The number of benzene rings is 3. The fraction of sp³-hybridized carbons (Fsp3) is 0.308. The zero-order chi connectivity index (χ0) is 21.1. The predicted octanol–water partition coefficient (Wildman–Crippen LogP) is 6.37. The molecule has 2 nitrogen and oxygen atoms in total. The van der Waals surface area contributed by atoms with Gasteiger partial charge in [-0.25, -0.2) is 4.39 Å². The van der Waals surface area contributed by atoms with Gasteiger partial charge in [-0.15, -0.1) is 0 Å². The van der Waals surface area contributed by atoms with Gasteiger partial charge in [-0.05, 0) is 47.7 Å². The molecule has 1 atom stereocenters. The van der Waals surface area contributed by atoms with Crippen LogP contribution in [-0.4, -0.2) is 22.9 Å². The van der Waals surface area contributed by atoms with Gasteiger partial charge < -0.3 is 0 Å². The molecule has 3 aromatic carbocycles. The van der Waals surface area contributed by atoms with Crippen LogP contribution in [0.5, 0.6) is 0 Å². The van der Waals surface area contributed by atoms with E-state index >= 15 is 0 Å². The summed E-state index contributed by atoms with van der Waals surface area (Å²) in [5, 5.41) is 0.493. The van der Waals surface area contributed by atoms with E-state index in [1.165, 1.54) is 28.3 Å². The van der Waals surface area contributed by atoms with E-state index in [1.54, 1.807) is 12.1 Å². The average molecular weight is 423 g/mol. The van der Waals surface area contributed by atoms with Crippen LogP contribution in [0, 0.1) is 12.7 Å². The highest BCUT2D eigenvalue weighted by Crippen LogP contribution is 2.34. The van der Waals surface area contributed by atoms with Crippen molar-refractivity contribution in [3.05, 3.63) is 105 Å². The van der Waals surface area contributed by atoms with E-state index in [4.69, 9.17) is 11.6 Å². The van der Waals surface area contributed by atoms with Gasteiger partial charge in [-0.3, -0.25) is 9.80 Å². The van der Waals surface area contributed by atoms with Gasteiger partial charge >= 0.3 is 0 Å². The Labute approximate surface area is 183 Å². The Morgan fingerprint density at radius 2 is 1.60 bits per heavy atom. The van der Waals surface area contributed by atoms with Crippen molar-refractivity contribution in [2.45, 2.75) is 39.5 Å². The summed E-state index contributed by atoms with van der Waals surface area (Å²) in [6.45, 7) is 7.50. The summed E-state index contributed by atoms with van der Waals surface area (Å²) in [4.78, 5) is 4.82. The Morgan fingerprint density at radius 1 is 0.900 bits per heavy atom. The summed E-state index contributed by atoms with van der Waals surface area (Å²) in [5.74, 6) is -0.236. The minimum atomic E-state index is -0.236. The molecule has 4 heteroatoms. The van der Waals surface area contributed by atoms with Crippen molar-refractivity contribution in [2.24, 2.45) is 0 Å². The molecule has 1 fully saturated rings. The monoisotopic (exact) mass is 422 g/mol. The third-order valence-electron chi connectivity index (χ3n) is 6.11. The van der Waals surface area contributed by atoms with Crippen molar-refractivity contribution in [2.75, 3.05) is 13.1 Å². The lowest BCUT2D eigenvalue weighted by atomic mass is 10.0. The smallest absolute Gasteiger partial charge is 0.129 e. The maximum atomic E-state index is 14.5. The van der Waals surface area contributed by atoms with Crippen molar-refractivity contribution in [3.63, 3.8) is 0 Å². The molecule has 0 aromatic heterocycles. The summed E-state index contributed by atoms with van der Waals surface area (Å²) in [7, 11) is 0. The van der Waals surface area contributed by atoms with Gasteiger partial charge in [0.25, 0.3) is 0 Å². The molecular weight excluding hydrogens is 395 g/mol. The van der Waals surface area contributed by atoms with Crippen molar-refractivity contribution in [1.29, 1.82) is 0 Å². The van der Waals surface area contributed by atoms with E-state index in [2.05, 4.69) is 72.2 Å². The van der Waals surface area contributed by atoms with E-state index in [1.807, 2.05) is 0 Å². The van der Waals surface area contributed by atoms with E-state index in [0.717, 1.165) is 26.1 Å². The molecule has 1 aliphatic rings. The maximum absolute atomic E-state index is 14.5. The first-order valence-corrected chi connectivity index (χ1v) is 11.0. The summed E-state index contributed by atoms with van der Waals surface area (Å²) in [5.41, 5.74) is 5.77. The highest BCUT2D eigenvalue weighted by atomic mass is 35.5. The highest BCUT2D eigenvalue weighted by Gasteiger charge is 2.34. The van der Waals surface area contributed by atoms with Gasteiger partial charge in [-0.2, -0.15) is 0 Å². The molecule has 1 unspecified atom stereocenters. The molecule has 0 amide bonds. The highest BCUT2D eigenvalue weighted by molar-refractivity contribution is 6.31. The minimum absolute atomic E-state index is 0.0891. The quantitative estimate of drug-likeness (QED) is 0.455. The third kappa shape index (κ3) is 4.44. The zero-order valence-electron chi connectivity index (χ0n) is 17.6. The van der Waals surface area contributed by atoms with Crippen LogP contribution < -0.4 is 0 Å². The van der Waals surface area contributed by atoms with Crippen LogP contribution in [-0.2, 0) is 19.5 Å². The maximum Gasteiger partial charge on any atom is 0.129 e. The lowest BCUT2D eigenvalue weighted by Gasteiger charge is -2.31. The average Bonchev–Trinajstić information content (AvgIpc) is 3.14. The number of nitrogens with zero attached hydrogens (tertiary/aromatic N) is 2. The first kappa shape index (κ1) is 21.0. The van der Waals surface area contributed by atoms with E-state index in [0.29, 0.717) is 17.1 Å². The van der Waals surface area contributed by atoms with Crippen LogP contribution in [0.15, 0.2) is 66.7 Å². The molecule has 1 aliphatic heterocycles. The van der Waals surface area contributed by atoms with Gasteiger partial charge in [0.1, 0.15) is 5.82 Å². The molecule has 0 bridgehead atoms. The van der Waals surface area contributed by atoms with Crippen LogP contribution in [0.25, 0.3) is 0 Å². The molecule has 0 saturated carbocycles. The molecule has 0 N–H and O–H groups in total. The van der Waals surface area contributed by atoms with Gasteiger partial charge in [0.15, 0.2) is 0 Å². The van der Waals surface area contributed by atoms with Crippen LogP contribution in [0.1, 0.15) is 40.9 Å². The molecule has 1 heterocycles. The van der Waals surface area contributed by atoms with Gasteiger partial charge in [0.2, 0.25) is 0 Å². The van der Waals surface area contributed by atoms with Crippen molar-refractivity contribution >= 4 is 11.6 Å². The molecule has 3 aromatic rings. The van der Waals surface area contributed by atoms with Gasteiger partial charge in [0, 0.05) is 36.8 Å². The molecule has 0 spiro atoms. The van der Waals surface area contributed by atoms with Crippen LogP contribution in [0.2, 0.25) is 5.02 Å². The minimum Gasteiger partial charge on any atom is -0.278 e. The number of hydrogen-bond acceptors (Lipinski definition) is 2. The van der Waals surface area contributed by atoms with E-state index < -0.39 is 0 Å². The standard InChI is InChI=1S/C26H28ClFN2/c1-3-20-11-13-21(14-12-20)26-29(17-22-8-5-4-7-19(22)2)15-16-30(26)18-23-24(27)9-6-10-25(23)28/h4-14,26H,3,15-18H2,1-2H3. The summed E-state index contributed by atoms with van der Waals surface area (Å²) >= 11 is 6.35. The SMILES string of the molecule is CCc1ccc(C2N(Cc3ccccc3C)CCN2Cc2c(F)cccc2Cl)cc1. The summed E-state index contributed by atoms with van der Waals surface area (Å²) < 4.78 is 14.5. The molecule has 4 rings (SSSR count). The van der Waals surface area contributed by atoms with Gasteiger partial charge in [-0.1, -0.05) is 73.1 Å². The lowest BCUT2D eigenvalue weighted by Crippen LogP contribution is -2.31. The Hall–Kier alpha value is -2.20. The lowest BCUT2D eigenvalue weighted by molar-refractivity contribution is 0.124. The van der Waals surface area contributed by atoms with Crippen molar-refractivity contribution in [1.82, 2.24) is 9.80 Å². The number of hydrogen-bond donors (Lipinski definition) is 0. The summed E-state index contributed by atoms with van der Waals surface area (Å²) in [6, 6.07) is 22.3. The molecule has 0 aliphatic carbocycles. The molecule has 0 radical (unpaired) electrons. The second kappa shape index (κ2) is 9.30. The van der Waals surface area contributed by atoms with E-state index in [9.17, 15) is 4.39 Å². The topological polar surface area (TPSA) is 6.48 Å². The van der Waals surface area contributed by atoms with E-state index in [-0.39, 0.29) is 12.0 Å². The fourth-order valence-corrected chi connectivity index (χ4v) is 4.53. The Balaban J connectivity index is 1.66. The molecule has 156 valence electrons. The Kier molecular flexibility index (Phi) is 6.52. The first-order valence-electron chi connectivity index (χ1n) is 10.6. The normalized spacial score (nSPS) is 17.5. The molecule has 30 heavy (non-hydrogen) atoms. The Bertz CT molecular complexity index is 982. The second-order valence-electron chi connectivity index (χ2n) is 8.04. The molecular formula is C26H28ClFN2. The molecule has 1 saturated heterocycles. The fourth-order valence-electron chi connectivity index (χ4n) is 4.30. The largest absolute Gasteiger partial charge is 0.278 e. The second-order valence-corrected chi connectivity index (χ2v) is 8.44. The number of aryl methyl sites for hydroxylation is 2. The zero-order valence-corrected chi connectivity index (χ0v) is 18.4. The first-order chi connectivity index (χ1) is 14.6. The number of rotatable bonds is 6. The van der Waals surface area contributed by atoms with Gasteiger partial charge in [0.05, 0.1) is 6.17 Å². The van der Waals surface area contributed by atoms with Crippen LogP contribution in [0.4, 0.5) is 4.39 Å². The number of halogens is 2. The van der Waals surface area contributed by atoms with Crippen molar-refractivity contribution in [3.8, 4) is 0 Å². The summed E-state index contributed by atoms with van der Waals surface area (Å²) in [6.07, 6.45) is 1.11. The Morgan fingerprint density at radius 3 is 2.27 bits per heavy atom.